The first-order valence-electron chi connectivity index (χ1n) is 9.58. The van der Waals surface area contributed by atoms with Crippen molar-refractivity contribution < 1.29 is 4.74 Å². The fourth-order valence-corrected chi connectivity index (χ4v) is 3.24. The van der Waals surface area contributed by atoms with Crippen molar-refractivity contribution in [3.05, 3.63) is 29.8 Å². The van der Waals surface area contributed by atoms with E-state index in [0.717, 1.165) is 37.1 Å². The Morgan fingerprint density at radius 3 is 2.76 bits per heavy atom. The zero-order valence-corrected chi connectivity index (χ0v) is 16.1. The highest BCUT2D eigenvalue weighted by molar-refractivity contribution is 5.79. The number of nitrogens with one attached hydrogen (secondary N) is 2. The van der Waals surface area contributed by atoms with Gasteiger partial charge in [-0.2, -0.15) is 0 Å². The Morgan fingerprint density at radius 2 is 2.08 bits per heavy atom. The van der Waals surface area contributed by atoms with Gasteiger partial charge in [0.05, 0.1) is 13.7 Å². The highest BCUT2D eigenvalue weighted by atomic mass is 16.5. The van der Waals surface area contributed by atoms with E-state index in [2.05, 4.69) is 46.5 Å². The molecule has 5 nitrogen and oxygen atoms in total. The minimum atomic E-state index is 0.670. The van der Waals surface area contributed by atoms with E-state index in [4.69, 9.17) is 4.74 Å². The van der Waals surface area contributed by atoms with Crippen LogP contribution in [0, 0.1) is 5.92 Å². The van der Waals surface area contributed by atoms with E-state index >= 15 is 0 Å². The minimum Gasteiger partial charge on any atom is -0.497 e. The van der Waals surface area contributed by atoms with Gasteiger partial charge in [0.25, 0.3) is 0 Å². The largest absolute Gasteiger partial charge is 0.497 e. The van der Waals surface area contributed by atoms with Gasteiger partial charge in [-0.15, -0.1) is 0 Å². The Bertz CT molecular complexity index is 515. The average molecular weight is 347 g/mol. The zero-order chi connectivity index (χ0) is 17.9. The monoisotopic (exact) mass is 346 g/mol. The van der Waals surface area contributed by atoms with Gasteiger partial charge in [0.15, 0.2) is 5.96 Å². The van der Waals surface area contributed by atoms with Crippen LogP contribution in [0.5, 0.6) is 5.75 Å². The number of guanidine groups is 1. The number of rotatable bonds is 8. The smallest absolute Gasteiger partial charge is 0.191 e. The molecule has 25 heavy (non-hydrogen) atoms. The van der Waals surface area contributed by atoms with E-state index in [0.29, 0.717) is 6.54 Å². The summed E-state index contributed by atoms with van der Waals surface area (Å²) in [6, 6.07) is 8.07. The Balaban J connectivity index is 1.73. The normalized spacial score (nSPS) is 18.8. The van der Waals surface area contributed by atoms with Gasteiger partial charge in [0.1, 0.15) is 5.75 Å². The number of aliphatic imine (C=N–C) groups is 1. The fraction of sp³-hybridized carbons (Fsp3) is 0.650. The van der Waals surface area contributed by atoms with Gasteiger partial charge in [-0.3, -0.25) is 0 Å². The van der Waals surface area contributed by atoms with Crippen LogP contribution in [0.15, 0.2) is 29.3 Å². The predicted molar refractivity (Wildman–Crippen MR) is 105 cm³/mol. The topological polar surface area (TPSA) is 48.9 Å². The Hall–Kier alpha value is -1.75. The number of hydrogen-bond acceptors (Lipinski definition) is 3. The summed E-state index contributed by atoms with van der Waals surface area (Å²) in [5.41, 5.74) is 1.18. The summed E-state index contributed by atoms with van der Waals surface area (Å²) in [6.07, 6.45) is 3.89. The molecule has 1 unspecified atom stereocenters. The quantitative estimate of drug-likeness (QED) is 0.432. The van der Waals surface area contributed by atoms with Crippen molar-refractivity contribution in [2.75, 3.05) is 39.8 Å². The molecule has 1 aliphatic rings. The summed E-state index contributed by atoms with van der Waals surface area (Å²) in [4.78, 5) is 7.27. The van der Waals surface area contributed by atoms with Crippen LogP contribution in [-0.2, 0) is 6.54 Å². The molecule has 2 N–H and O–H groups in total. The van der Waals surface area contributed by atoms with Crippen LogP contribution in [-0.4, -0.2) is 50.7 Å². The number of nitrogens with zero attached hydrogens (tertiary/aromatic N) is 2. The molecule has 0 aromatic heterocycles. The molecule has 1 atom stereocenters. The van der Waals surface area contributed by atoms with Gasteiger partial charge in [0.2, 0.25) is 0 Å². The van der Waals surface area contributed by atoms with Crippen LogP contribution in [0.4, 0.5) is 0 Å². The van der Waals surface area contributed by atoms with Crippen molar-refractivity contribution in [3.63, 3.8) is 0 Å². The molecule has 1 heterocycles. The van der Waals surface area contributed by atoms with E-state index in [-0.39, 0.29) is 0 Å². The standard InChI is InChI=1S/C20H34N4O/c1-4-21-20(23-15-18-8-10-19(25-3)11-9-18)22-12-6-14-24-13-5-7-17(2)16-24/h8-11,17H,4-7,12-16H2,1-3H3,(H2,21,22,23). The molecular weight excluding hydrogens is 312 g/mol. The van der Waals surface area contributed by atoms with Gasteiger partial charge in [-0.1, -0.05) is 19.1 Å². The SMILES string of the molecule is CCNC(=NCc1ccc(OC)cc1)NCCCN1CCCC(C)C1. The second-order valence-electron chi connectivity index (χ2n) is 6.87. The lowest BCUT2D eigenvalue weighted by Crippen LogP contribution is -2.40. The number of likely N-dealkylation sites (tertiary alicyclic amines) is 1. The molecule has 140 valence electrons. The van der Waals surface area contributed by atoms with E-state index in [1.54, 1.807) is 7.11 Å². The minimum absolute atomic E-state index is 0.670. The number of benzene rings is 1. The van der Waals surface area contributed by atoms with Crippen molar-refractivity contribution in [2.45, 2.75) is 39.7 Å². The van der Waals surface area contributed by atoms with E-state index in [1.165, 1.54) is 38.0 Å². The first-order chi connectivity index (χ1) is 12.2. The fourth-order valence-electron chi connectivity index (χ4n) is 3.24. The number of hydrogen-bond donors (Lipinski definition) is 2. The van der Waals surface area contributed by atoms with Crippen molar-refractivity contribution in [3.8, 4) is 5.75 Å². The van der Waals surface area contributed by atoms with E-state index in [1.807, 2.05) is 12.1 Å². The van der Waals surface area contributed by atoms with Gasteiger partial charge in [-0.05, 0) is 62.9 Å². The van der Waals surface area contributed by atoms with Gasteiger partial charge < -0.3 is 20.3 Å². The zero-order valence-electron chi connectivity index (χ0n) is 16.1. The summed E-state index contributed by atoms with van der Waals surface area (Å²) in [7, 11) is 1.69. The summed E-state index contributed by atoms with van der Waals surface area (Å²) < 4.78 is 5.19. The number of piperidine rings is 1. The first kappa shape index (κ1) is 19.6. The summed E-state index contributed by atoms with van der Waals surface area (Å²) in [5, 5.41) is 6.77. The third-order valence-electron chi connectivity index (χ3n) is 4.61. The van der Waals surface area contributed by atoms with Crippen molar-refractivity contribution >= 4 is 5.96 Å². The Labute approximate surface area is 152 Å². The second kappa shape index (κ2) is 11.0. The summed E-state index contributed by atoms with van der Waals surface area (Å²) in [6.45, 7) is 10.6. The van der Waals surface area contributed by atoms with Gasteiger partial charge in [0, 0.05) is 19.6 Å². The van der Waals surface area contributed by atoms with Crippen LogP contribution in [0.25, 0.3) is 0 Å². The molecule has 1 fully saturated rings. The highest BCUT2D eigenvalue weighted by Crippen LogP contribution is 2.15. The molecule has 0 bridgehead atoms. The predicted octanol–water partition coefficient (Wildman–Crippen LogP) is 2.87. The van der Waals surface area contributed by atoms with Crippen molar-refractivity contribution in [2.24, 2.45) is 10.9 Å². The second-order valence-corrected chi connectivity index (χ2v) is 6.87. The van der Waals surface area contributed by atoms with Crippen LogP contribution in [0.1, 0.15) is 38.7 Å². The molecular formula is C20H34N4O. The lowest BCUT2D eigenvalue weighted by Gasteiger charge is -2.30. The molecule has 1 saturated heterocycles. The third kappa shape index (κ3) is 7.34. The van der Waals surface area contributed by atoms with Gasteiger partial charge >= 0.3 is 0 Å². The maximum Gasteiger partial charge on any atom is 0.191 e. The molecule has 1 aromatic carbocycles. The molecule has 0 spiro atoms. The van der Waals surface area contributed by atoms with E-state index < -0.39 is 0 Å². The molecule has 5 heteroatoms. The third-order valence-corrected chi connectivity index (χ3v) is 4.61. The van der Waals surface area contributed by atoms with Crippen molar-refractivity contribution in [1.29, 1.82) is 0 Å². The first-order valence-corrected chi connectivity index (χ1v) is 9.58. The Morgan fingerprint density at radius 1 is 1.28 bits per heavy atom. The average Bonchev–Trinajstić information content (AvgIpc) is 2.63. The lowest BCUT2D eigenvalue weighted by molar-refractivity contribution is 0.182. The molecule has 0 aliphatic carbocycles. The summed E-state index contributed by atoms with van der Waals surface area (Å²) >= 11 is 0. The van der Waals surface area contributed by atoms with E-state index in [9.17, 15) is 0 Å². The van der Waals surface area contributed by atoms with Gasteiger partial charge in [-0.25, -0.2) is 4.99 Å². The number of methoxy groups -OCH3 is 1. The molecule has 0 saturated carbocycles. The molecule has 1 aromatic rings. The number of ether oxygens (including phenoxy) is 1. The maximum atomic E-state index is 5.19. The molecule has 0 amide bonds. The molecule has 1 aliphatic heterocycles. The van der Waals surface area contributed by atoms with Crippen LogP contribution in [0.3, 0.4) is 0 Å². The van der Waals surface area contributed by atoms with Crippen LogP contribution in [0.2, 0.25) is 0 Å². The highest BCUT2D eigenvalue weighted by Gasteiger charge is 2.15. The van der Waals surface area contributed by atoms with Crippen LogP contribution >= 0.6 is 0 Å². The molecule has 2 rings (SSSR count). The van der Waals surface area contributed by atoms with Crippen molar-refractivity contribution in [1.82, 2.24) is 15.5 Å². The molecule has 0 radical (unpaired) electrons. The lowest BCUT2D eigenvalue weighted by atomic mass is 10.0. The van der Waals surface area contributed by atoms with Crippen LogP contribution < -0.4 is 15.4 Å². The Kier molecular flexibility index (Phi) is 8.60. The maximum absolute atomic E-state index is 5.19. The summed E-state index contributed by atoms with van der Waals surface area (Å²) in [5.74, 6) is 2.63.